The summed E-state index contributed by atoms with van der Waals surface area (Å²) in [5.74, 6) is 2.72. The Bertz CT molecular complexity index is 680. The van der Waals surface area contributed by atoms with Crippen LogP contribution in [0.25, 0.3) is 0 Å². The molecular formula is C19H24FN3O. The fourth-order valence-corrected chi connectivity index (χ4v) is 2.90. The number of ether oxygens (including phenoxy) is 1. The molecule has 0 saturated carbocycles. The third-order valence-corrected chi connectivity index (χ3v) is 4.26. The van der Waals surface area contributed by atoms with E-state index in [2.05, 4.69) is 23.7 Å². The zero-order valence-corrected chi connectivity index (χ0v) is 14.5. The zero-order chi connectivity index (χ0) is 17.1. The minimum atomic E-state index is -0.239. The van der Waals surface area contributed by atoms with Crippen LogP contribution in [0.5, 0.6) is 5.75 Å². The molecule has 0 N–H and O–H groups in total. The van der Waals surface area contributed by atoms with Crippen LogP contribution in [0.4, 0.5) is 10.2 Å². The molecule has 24 heavy (non-hydrogen) atoms. The summed E-state index contributed by atoms with van der Waals surface area (Å²) >= 11 is 0. The van der Waals surface area contributed by atoms with E-state index in [1.807, 2.05) is 13.0 Å². The highest BCUT2D eigenvalue weighted by molar-refractivity contribution is 5.40. The van der Waals surface area contributed by atoms with Crippen LogP contribution in [0.1, 0.15) is 44.1 Å². The van der Waals surface area contributed by atoms with Crippen LogP contribution in [0.15, 0.2) is 30.3 Å². The molecule has 1 saturated heterocycles. The average molecular weight is 329 g/mol. The lowest BCUT2D eigenvalue weighted by Gasteiger charge is -2.33. The molecule has 1 aliphatic heterocycles. The summed E-state index contributed by atoms with van der Waals surface area (Å²) < 4.78 is 18.9. The molecule has 0 amide bonds. The Labute approximate surface area is 142 Å². The van der Waals surface area contributed by atoms with Crippen molar-refractivity contribution in [3.05, 3.63) is 47.7 Å². The molecule has 0 radical (unpaired) electrons. The van der Waals surface area contributed by atoms with Crippen LogP contribution < -0.4 is 9.64 Å². The quantitative estimate of drug-likeness (QED) is 0.846. The van der Waals surface area contributed by atoms with Crippen LogP contribution in [-0.2, 0) is 0 Å². The number of rotatable bonds is 4. The Morgan fingerprint density at radius 2 is 1.79 bits per heavy atom. The molecule has 0 atom stereocenters. The lowest BCUT2D eigenvalue weighted by Crippen LogP contribution is -2.39. The number of aryl methyl sites for hydroxylation is 1. The number of hydrogen-bond acceptors (Lipinski definition) is 4. The van der Waals surface area contributed by atoms with E-state index in [4.69, 9.17) is 9.72 Å². The van der Waals surface area contributed by atoms with Crippen LogP contribution in [0.3, 0.4) is 0 Å². The van der Waals surface area contributed by atoms with E-state index in [0.717, 1.165) is 49.0 Å². The number of aromatic nitrogens is 2. The van der Waals surface area contributed by atoms with Gasteiger partial charge in [0.2, 0.25) is 0 Å². The number of hydrogen-bond donors (Lipinski definition) is 0. The Morgan fingerprint density at radius 3 is 2.42 bits per heavy atom. The highest BCUT2D eigenvalue weighted by atomic mass is 19.1. The Hall–Kier alpha value is -2.17. The first-order chi connectivity index (χ1) is 11.5. The highest BCUT2D eigenvalue weighted by Gasteiger charge is 2.22. The summed E-state index contributed by atoms with van der Waals surface area (Å²) in [6, 6.07) is 8.28. The molecule has 2 aromatic rings. The van der Waals surface area contributed by atoms with E-state index in [1.54, 1.807) is 12.1 Å². The second-order valence-electron chi connectivity index (χ2n) is 6.64. The van der Waals surface area contributed by atoms with Gasteiger partial charge in [-0.15, -0.1) is 0 Å². The van der Waals surface area contributed by atoms with Gasteiger partial charge in [0, 0.05) is 43.6 Å². The first-order valence-corrected chi connectivity index (χ1v) is 8.54. The summed E-state index contributed by atoms with van der Waals surface area (Å²) in [4.78, 5) is 11.5. The lowest BCUT2D eigenvalue weighted by atomic mass is 10.1. The van der Waals surface area contributed by atoms with Crippen LogP contribution in [0.2, 0.25) is 0 Å². The molecule has 5 heteroatoms. The van der Waals surface area contributed by atoms with Crippen molar-refractivity contribution < 1.29 is 9.13 Å². The number of anilines is 1. The molecule has 0 aliphatic carbocycles. The third kappa shape index (κ3) is 4.02. The molecule has 4 nitrogen and oxygen atoms in total. The number of nitrogens with zero attached hydrogens (tertiary/aromatic N) is 3. The van der Waals surface area contributed by atoms with Gasteiger partial charge >= 0.3 is 0 Å². The number of piperidine rings is 1. The molecule has 1 aromatic heterocycles. The Kier molecular flexibility index (Phi) is 4.97. The van der Waals surface area contributed by atoms with Crippen LogP contribution >= 0.6 is 0 Å². The fourth-order valence-electron chi connectivity index (χ4n) is 2.90. The maximum atomic E-state index is 13.0. The van der Waals surface area contributed by atoms with Crippen molar-refractivity contribution in [1.82, 2.24) is 9.97 Å². The van der Waals surface area contributed by atoms with Gasteiger partial charge in [0.05, 0.1) is 0 Å². The van der Waals surface area contributed by atoms with Crippen molar-refractivity contribution in [2.24, 2.45) is 0 Å². The highest BCUT2D eigenvalue weighted by Crippen LogP contribution is 2.24. The zero-order valence-electron chi connectivity index (χ0n) is 14.5. The summed E-state index contributed by atoms with van der Waals surface area (Å²) in [6.45, 7) is 8.05. The largest absolute Gasteiger partial charge is 0.490 e. The van der Waals surface area contributed by atoms with Gasteiger partial charge in [0.25, 0.3) is 0 Å². The fraction of sp³-hybridized carbons (Fsp3) is 0.474. The van der Waals surface area contributed by atoms with Gasteiger partial charge in [0.1, 0.15) is 29.3 Å². The topological polar surface area (TPSA) is 38.2 Å². The van der Waals surface area contributed by atoms with Crippen molar-refractivity contribution in [2.45, 2.75) is 45.6 Å². The molecule has 0 bridgehead atoms. The van der Waals surface area contributed by atoms with Crippen molar-refractivity contribution in [3.8, 4) is 5.75 Å². The van der Waals surface area contributed by atoms with Gasteiger partial charge in [-0.25, -0.2) is 14.4 Å². The normalized spacial score (nSPS) is 15.8. The van der Waals surface area contributed by atoms with Crippen molar-refractivity contribution >= 4 is 5.82 Å². The van der Waals surface area contributed by atoms with Gasteiger partial charge in [-0.05, 0) is 31.2 Å². The predicted octanol–water partition coefficient (Wildman–Crippen LogP) is 4.10. The monoisotopic (exact) mass is 329 g/mol. The molecule has 1 aliphatic rings. The molecule has 0 spiro atoms. The first kappa shape index (κ1) is 16.7. The maximum Gasteiger partial charge on any atom is 0.133 e. The Morgan fingerprint density at radius 1 is 1.12 bits per heavy atom. The van der Waals surface area contributed by atoms with Gasteiger partial charge < -0.3 is 9.64 Å². The predicted molar refractivity (Wildman–Crippen MR) is 93.1 cm³/mol. The molecule has 2 heterocycles. The van der Waals surface area contributed by atoms with E-state index in [9.17, 15) is 4.39 Å². The summed E-state index contributed by atoms with van der Waals surface area (Å²) in [6.07, 6.45) is 2.02. The van der Waals surface area contributed by atoms with Crippen molar-refractivity contribution in [1.29, 1.82) is 0 Å². The van der Waals surface area contributed by atoms with Gasteiger partial charge in [-0.3, -0.25) is 0 Å². The van der Waals surface area contributed by atoms with E-state index in [1.165, 1.54) is 12.1 Å². The first-order valence-electron chi connectivity index (χ1n) is 8.54. The van der Waals surface area contributed by atoms with Crippen LogP contribution in [0, 0.1) is 12.7 Å². The SMILES string of the molecule is Cc1cc(N2CCC(Oc3ccc(F)cc3)CC2)nc(C(C)C)n1. The van der Waals surface area contributed by atoms with Gasteiger partial charge in [-0.1, -0.05) is 13.8 Å². The summed E-state index contributed by atoms with van der Waals surface area (Å²) in [7, 11) is 0. The van der Waals surface area contributed by atoms with E-state index in [0.29, 0.717) is 5.92 Å². The minimum absolute atomic E-state index is 0.166. The number of benzene rings is 1. The summed E-state index contributed by atoms with van der Waals surface area (Å²) in [5, 5.41) is 0. The van der Waals surface area contributed by atoms with Gasteiger partial charge in [0.15, 0.2) is 0 Å². The van der Waals surface area contributed by atoms with Crippen LogP contribution in [-0.4, -0.2) is 29.2 Å². The second kappa shape index (κ2) is 7.16. The molecule has 1 fully saturated rings. The maximum absolute atomic E-state index is 13.0. The third-order valence-electron chi connectivity index (χ3n) is 4.26. The Balaban J connectivity index is 1.61. The molecule has 1 aromatic carbocycles. The van der Waals surface area contributed by atoms with E-state index < -0.39 is 0 Å². The van der Waals surface area contributed by atoms with E-state index >= 15 is 0 Å². The second-order valence-corrected chi connectivity index (χ2v) is 6.64. The van der Waals surface area contributed by atoms with Gasteiger partial charge in [-0.2, -0.15) is 0 Å². The number of halogens is 1. The smallest absolute Gasteiger partial charge is 0.133 e. The van der Waals surface area contributed by atoms with Crippen molar-refractivity contribution in [2.75, 3.05) is 18.0 Å². The van der Waals surface area contributed by atoms with E-state index in [-0.39, 0.29) is 11.9 Å². The summed E-state index contributed by atoms with van der Waals surface area (Å²) in [5.41, 5.74) is 1.01. The average Bonchev–Trinajstić information content (AvgIpc) is 2.57. The standard InChI is InChI=1S/C19H24FN3O/c1-13(2)19-21-14(3)12-18(22-19)23-10-8-17(9-11-23)24-16-6-4-15(20)5-7-16/h4-7,12-13,17H,8-11H2,1-3H3. The molecule has 0 unspecified atom stereocenters. The lowest BCUT2D eigenvalue weighted by molar-refractivity contribution is 0.170. The molecule has 128 valence electrons. The molecule has 3 rings (SSSR count). The van der Waals surface area contributed by atoms with Crippen molar-refractivity contribution in [3.63, 3.8) is 0 Å². The molecular weight excluding hydrogens is 305 g/mol. The minimum Gasteiger partial charge on any atom is -0.490 e.